The number of halogens is 3. The first-order valence-corrected chi connectivity index (χ1v) is 5.75. The Balaban J connectivity index is 2.24. The summed E-state index contributed by atoms with van der Waals surface area (Å²) in [7, 11) is 0. The summed E-state index contributed by atoms with van der Waals surface area (Å²) in [4.78, 5) is 4.73. The van der Waals surface area contributed by atoms with Gasteiger partial charge >= 0.3 is 0 Å². The van der Waals surface area contributed by atoms with Gasteiger partial charge in [-0.05, 0) is 6.92 Å². The molecule has 0 saturated carbocycles. The van der Waals surface area contributed by atoms with Crippen molar-refractivity contribution in [1.82, 2.24) is 4.98 Å². The van der Waals surface area contributed by atoms with Crippen LogP contribution in [0, 0.1) is 17.5 Å². The van der Waals surface area contributed by atoms with E-state index in [1.807, 2.05) is 0 Å². The fourth-order valence-electron chi connectivity index (χ4n) is 1.40. The molecule has 0 aliphatic carbocycles. The van der Waals surface area contributed by atoms with Crippen molar-refractivity contribution in [2.75, 3.05) is 5.32 Å². The Hall–Kier alpha value is -1.56. The maximum Gasteiger partial charge on any atom is 0.182 e. The van der Waals surface area contributed by atoms with Crippen molar-refractivity contribution in [3.8, 4) is 0 Å². The molecule has 1 unspecified atom stereocenters. The van der Waals surface area contributed by atoms with Crippen molar-refractivity contribution in [3.05, 3.63) is 46.2 Å². The Bertz CT molecular complexity index is 514. The highest BCUT2D eigenvalue weighted by molar-refractivity contribution is 7.09. The van der Waals surface area contributed by atoms with Crippen LogP contribution in [0.3, 0.4) is 0 Å². The van der Waals surface area contributed by atoms with Gasteiger partial charge in [0.15, 0.2) is 11.6 Å². The molecule has 0 aliphatic heterocycles. The van der Waals surface area contributed by atoms with Crippen LogP contribution >= 0.6 is 11.3 Å². The van der Waals surface area contributed by atoms with E-state index in [1.54, 1.807) is 18.6 Å². The number of hydrogen-bond acceptors (Lipinski definition) is 3. The summed E-state index contributed by atoms with van der Waals surface area (Å²) >= 11 is 1.38. The van der Waals surface area contributed by atoms with E-state index in [0.29, 0.717) is 6.07 Å². The van der Waals surface area contributed by atoms with Gasteiger partial charge in [-0.15, -0.1) is 11.3 Å². The van der Waals surface area contributed by atoms with Crippen molar-refractivity contribution in [1.29, 1.82) is 0 Å². The van der Waals surface area contributed by atoms with Crippen LogP contribution in [0.25, 0.3) is 0 Å². The standard InChI is InChI=1S/C11H9F3N2S/c1-6(10-4-15-5-17-10)16-9-3-7(12)2-8(13)11(9)14/h2-6,16H,1H3. The minimum atomic E-state index is -1.20. The van der Waals surface area contributed by atoms with Gasteiger partial charge in [-0.25, -0.2) is 13.2 Å². The van der Waals surface area contributed by atoms with E-state index in [9.17, 15) is 13.2 Å². The van der Waals surface area contributed by atoms with E-state index in [0.717, 1.165) is 10.9 Å². The van der Waals surface area contributed by atoms with Crippen molar-refractivity contribution in [2.24, 2.45) is 0 Å². The molecule has 0 radical (unpaired) electrons. The highest BCUT2D eigenvalue weighted by atomic mass is 32.1. The number of anilines is 1. The van der Waals surface area contributed by atoms with Gasteiger partial charge in [0.05, 0.1) is 17.2 Å². The molecule has 0 fully saturated rings. The Morgan fingerprint density at radius 2 is 2.06 bits per heavy atom. The molecule has 2 aromatic rings. The normalized spacial score (nSPS) is 12.5. The lowest BCUT2D eigenvalue weighted by Crippen LogP contribution is -2.08. The summed E-state index contributed by atoms with van der Waals surface area (Å²) in [6, 6.07) is 1.17. The Labute approximate surface area is 100 Å². The summed E-state index contributed by atoms with van der Waals surface area (Å²) in [5.74, 6) is -3.10. The van der Waals surface area contributed by atoms with Crippen molar-refractivity contribution < 1.29 is 13.2 Å². The lowest BCUT2D eigenvalue weighted by molar-refractivity contribution is 0.496. The van der Waals surface area contributed by atoms with Crippen LogP contribution in [-0.4, -0.2) is 4.98 Å². The van der Waals surface area contributed by atoms with Gasteiger partial charge < -0.3 is 5.32 Å². The molecule has 0 aliphatic rings. The SMILES string of the molecule is CC(Nc1cc(F)cc(F)c1F)c1cncs1. The fraction of sp³-hybridized carbons (Fsp3) is 0.182. The van der Waals surface area contributed by atoms with E-state index >= 15 is 0 Å². The molecule has 2 nitrogen and oxygen atoms in total. The quantitative estimate of drug-likeness (QED) is 0.848. The molecular formula is C11H9F3N2S. The van der Waals surface area contributed by atoms with Crippen LogP contribution in [0.15, 0.2) is 23.8 Å². The average Bonchev–Trinajstić information content (AvgIpc) is 2.78. The Morgan fingerprint density at radius 3 is 2.71 bits per heavy atom. The molecular weight excluding hydrogens is 249 g/mol. The molecule has 0 amide bonds. The summed E-state index contributed by atoms with van der Waals surface area (Å²) in [6.07, 6.45) is 1.62. The molecule has 0 spiro atoms. The number of rotatable bonds is 3. The third kappa shape index (κ3) is 2.58. The van der Waals surface area contributed by atoms with Crippen molar-refractivity contribution in [2.45, 2.75) is 13.0 Å². The Kier molecular flexibility index (Phi) is 3.33. The molecule has 1 N–H and O–H groups in total. The third-order valence-electron chi connectivity index (χ3n) is 2.24. The molecule has 0 bridgehead atoms. The first-order chi connectivity index (χ1) is 8.08. The zero-order valence-corrected chi connectivity index (χ0v) is 9.69. The lowest BCUT2D eigenvalue weighted by Gasteiger charge is -2.14. The van der Waals surface area contributed by atoms with E-state index in [1.165, 1.54) is 11.3 Å². The van der Waals surface area contributed by atoms with Gasteiger partial charge in [-0.2, -0.15) is 0 Å². The zero-order chi connectivity index (χ0) is 12.4. The van der Waals surface area contributed by atoms with Gasteiger partial charge in [0.1, 0.15) is 5.82 Å². The van der Waals surface area contributed by atoms with Crippen LogP contribution in [0.1, 0.15) is 17.8 Å². The third-order valence-corrected chi connectivity index (χ3v) is 3.20. The predicted octanol–water partition coefficient (Wildman–Crippen LogP) is 3.73. The zero-order valence-electron chi connectivity index (χ0n) is 8.88. The Morgan fingerprint density at radius 1 is 1.29 bits per heavy atom. The smallest absolute Gasteiger partial charge is 0.182 e. The minimum absolute atomic E-state index is 0.191. The molecule has 90 valence electrons. The largest absolute Gasteiger partial charge is 0.375 e. The fourth-order valence-corrected chi connectivity index (χ4v) is 2.03. The molecule has 1 heterocycles. The maximum atomic E-state index is 13.4. The number of hydrogen-bond donors (Lipinski definition) is 1. The summed E-state index contributed by atoms with van der Waals surface area (Å²) in [6.45, 7) is 1.76. The summed E-state index contributed by atoms with van der Waals surface area (Å²) in [5.41, 5.74) is 1.44. The maximum absolute atomic E-state index is 13.4. The second kappa shape index (κ2) is 4.75. The number of thiazole rings is 1. The second-order valence-electron chi connectivity index (χ2n) is 3.52. The molecule has 1 atom stereocenters. The molecule has 0 saturated heterocycles. The number of nitrogens with zero attached hydrogens (tertiary/aromatic N) is 1. The van der Waals surface area contributed by atoms with Crippen LogP contribution in [-0.2, 0) is 0 Å². The topological polar surface area (TPSA) is 24.9 Å². The van der Waals surface area contributed by atoms with Crippen LogP contribution in [0.2, 0.25) is 0 Å². The highest BCUT2D eigenvalue weighted by Gasteiger charge is 2.14. The van der Waals surface area contributed by atoms with Gasteiger partial charge in [-0.1, -0.05) is 0 Å². The highest BCUT2D eigenvalue weighted by Crippen LogP contribution is 2.25. The van der Waals surface area contributed by atoms with Crippen LogP contribution in [0.4, 0.5) is 18.9 Å². The first kappa shape index (κ1) is 11.9. The summed E-state index contributed by atoms with van der Waals surface area (Å²) < 4.78 is 39.3. The molecule has 6 heteroatoms. The van der Waals surface area contributed by atoms with Gasteiger partial charge in [-0.3, -0.25) is 4.98 Å². The second-order valence-corrected chi connectivity index (χ2v) is 4.44. The summed E-state index contributed by atoms with van der Waals surface area (Å²) in [5, 5.41) is 2.71. The number of benzene rings is 1. The van der Waals surface area contributed by atoms with E-state index < -0.39 is 17.5 Å². The number of aromatic nitrogens is 1. The molecule has 2 rings (SSSR count). The number of nitrogens with one attached hydrogen (secondary N) is 1. The van der Waals surface area contributed by atoms with Gasteiger partial charge in [0.2, 0.25) is 0 Å². The predicted molar refractivity (Wildman–Crippen MR) is 60.5 cm³/mol. The molecule has 1 aromatic heterocycles. The average molecular weight is 258 g/mol. The molecule has 17 heavy (non-hydrogen) atoms. The van der Waals surface area contributed by atoms with E-state index in [2.05, 4.69) is 10.3 Å². The van der Waals surface area contributed by atoms with Gasteiger partial charge in [0.25, 0.3) is 0 Å². The van der Waals surface area contributed by atoms with Crippen LogP contribution < -0.4 is 5.32 Å². The van der Waals surface area contributed by atoms with Gasteiger partial charge in [0, 0.05) is 23.2 Å². The molecule has 1 aromatic carbocycles. The van der Waals surface area contributed by atoms with Crippen molar-refractivity contribution in [3.63, 3.8) is 0 Å². The van der Waals surface area contributed by atoms with Crippen LogP contribution in [0.5, 0.6) is 0 Å². The van der Waals surface area contributed by atoms with Crippen molar-refractivity contribution >= 4 is 17.0 Å². The van der Waals surface area contributed by atoms with E-state index in [-0.39, 0.29) is 11.7 Å². The minimum Gasteiger partial charge on any atom is -0.375 e. The van der Waals surface area contributed by atoms with E-state index in [4.69, 9.17) is 0 Å². The lowest BCUT2D eigenvalue weighted by atomic mass is 10.2. The monoisotopic (exact) mass is 258 g/mol. The first-order valence-electron chi connectivity index (χ1n) is 4.87.